The largest absolute Gasteiger partial charge is 0.480 e. The Hall–Kier alpha value is -3.52. The Morgan fingerprint density at radius 1 is 1.21 bits per heavy atom. The molecule has 1 aromatic heterocycles. The molecule has 6 nitrogen and oxygen atoms in total. The van der Waals surface area contributed by atoms with Crippen molar-refractivity contribution >= 4 is 29.1 Å². The van der Waals surface area contributed by atoms with Gasteiger partial charge in [-0.15, -0.1) is 0 Å². The highest BCUT2D eigenvalue weighted by atomic mass is 35.5. The van der Waals surface area contributed by atoms with Crippen LogP contribution in [0.5, 0.6) is 5.75 Å². The molecular weight excluding hydrogens is 452 g/mol. The second kappa shape index (κ2) is 9.54. The van der Waals surface area contributed by atoms with Crippen LogP contribution < -0.4 is 10.1 Å². The maximum absolute atomic E-state index is 13.7. The summed E-state index contributed by atoms with van der Waals surface area (Å²) in [6, 6.07) is 11.4. The van der Waals surface area contributed by atoms with Crippen LogP contribution in [0, 0.1) is 11.6 Å². The summed E-state index contributed by atoms with van der Waals surface area (Å²) in [5.41, 5.74) is 1.67. The Morgan fingerprint density at radius 3 is 2.67 bits per heavy atom. The fourth-order valence-corrected chi connectivity index (χ4v) is 3.86. The number of fused-ring (bicyclic) bond motifs is 1. The van der Waals surface area contributed by atoms with E-state index in [1.165, 1.54) is 23.2 Å². The van der Waals surface area contributed by atoms with Gasteiger partial charge in [0.15, 0.2) is 6.10 Å². The summed E-state index contributed by atoms with van der Waals surface area (Å²) in [6.07, 6.45) is 1.17. The van der Waals surface area contributed by atoms with Crippen LogP contribution in [0.3, 0.4) is 0 Å². The number of aromatic nitrogens is 1. The van der Waals surface area contributed by atoms with Gasteiger partial charge in [0.1, 0.15) is 22.5 Å². The van der Waals surface area contributed by atoms with Crippen molar-refractivity contribution in [2.45, 2.75) is 32.5 Å². The van der Waals surface area contributed by atoms with E-state index in [-0.39, 0.29) is 29.7 Å². The number of carbonyl (C=O) groups is 2. The molecule has 0 fully saturated rings. The minimum atomic E-state index is -0.737. The third-order valence-electron chi connectivity index (χ3n) is 5.21. The fraction of sp³-hybridized carbons (Fsp3) is 0.208. The summed E-state index contributed by atoms with van der Waals surface area (Å²) in [5, 5.41) is 2.85. The van der Waals surface area contributed by atoms with Crippen LogP contribution >= 0.6 is 11.6 Å². The monoisotopic (exact) mass is 471 g/mol. The van der Waals surface area contributed by atoms with Crippen molar-refractivity contribution in [2.24, 2.45) is 0 Å². The molecule has 9 heteroatoms. The Balaban J connectivity index is 1.61. The molecule has 2 amide bonds. The van der Waals surface area contributed by atoms with Crippen LogP contribution in [0.4, 0.5) is 14.5 Å². The van der Waals surface area contributed by atoms with Crippen molar-refractivity contribution < 1.29 is 23.1 Å². The third kappa shape index (κ3) is 5.12. The second-order valence-electron chi connectivity index (χ2n) is 7.61. The van der Waals surface area contributed by atoms with Gasteiger partial charge in [0.25, 0.3) is 11.8 Å². The molecule has 0 aliphatic carbocycles. The highest BCUT2D eigenvalue weighted by Gasteiger charge is 2.30. The highest BCUT2D eigenvalue weighted by molar-refractivity contribution is 6.33. The number of amides is 2. The van der Waals surface area contributed by atoms with Crippen molar-refractivity contribution in [1.82, 2.24) is 9.88 Å². The Morgan fingerprint density at radius 2 is 1.97 bits per heavy atom. The molecule has 2 heterocycles. The molecule has 1 aliphatic heterocycles. The van der Waals surface area contributed by atoms with Crippen LogP contribution in [0.2, 0.25) is 5.15 Å². The number of nitrogens with one attached hydrogen (secondary N) is 1. The van der Waals surface area contributed by atoms with E-state index in [0.29, 0.717) is 29.0 Å². The van der Waals surface area contributed by atoms with Gasteiger partial charge in [0.05, 0.1) is 5.56 Å². The van der Waals surface area contributed by atoms with Crippen molar-refractivity contribution in [1.29, 1.82) is 0 Å². The van der Waals surface area contributed by atoms with Gasteiger partial charge in [0.2, 0.25) is 0 Å². The van der Waals surface area contributed by atoms with Crippen molar-refractivity contribution in [3.8, 4) is 5.75 Å². The average molecular weight is 472 g/mol. The predicted octanol–water partition coefficient (Wildman–Crippen LogP) is 4.97. The van der Waals surface area contributed by atoms with Gasteiger partial charge in [-0.2, -0.15) is 0 Å². The van der Waals surface area contributed by atoms with E-state index < -0.39 is 23.6 Å². The van der Waals surface area contributed by atoms with Crippen LogP contribution in [-0.2, 0) is 17.9 Å². The van der Waals surface area contributed by atoms with Crippen LogP contribution in [-0.4, -0.2) is 27.8 Å². The zero-order valence-corrected chi connectivity index (χ0v) is 18.4. The summed E-state index contributed by atoms with van der Waals surface area (Å²) in [5.74, 6) is -1.64. The first-order valence-electron chi connectivity index (χ1n) is 10.3. The summed E-state index contributed by atoms with van der Waals surface area (Å²) in [6.45, 7) is 1.97. The average Bonchev–Trinajstić information content (AvgIpc) is 2.89. The van der Waals surface area contributed by atoms with Crippen molar-refractivity contribution in [3.05, 3.63) is 88.2 Å². The zero-order chi connectivity index (χ0) is 23.5. The van der Waals surface area contributed by atoms with E-state index in [2.05, 4.69) is 10.3 Å². The van der Waals surface area contributed by atoms with E-state index in [1.807, 2.05) is 6.92 Å². The van der Waals surface area contributed by atoms with Crippen LogP contribution in [0.15, 0.2) is 54.7 Å². The first-order valence-corrected chi connectivity index (χ1v) is 10.7. The molecule has 0 saturated heterocycles. The zero-order valence-electron chi connectivity index (χ0n) is 17.6. The lowest BCUT2D eigenvalue weighted by Crippen LogP contribution is -2.38. The number of hydrogen-bond acceptors (Lipinski definition) is 4. The maximum Gasteiger partial charge on any atom is 0.264 e. The lowest BCUT2D eigenvalue weighted by atomic mass is 10.1. The first kappa shape index (κ1) is 22.7. The van der Waals surface area contributed by atoms with Gasteiger partial charge in [-0.3, -0.25) is 9.59 Å². The molecule has 1 atom stereocenters. The lowest BCUT2D eigenvalue weighted by Gasteiger charge is -2.23. The Labute approximate surface area is 194 Å². The normalized spacial score (nSPS) is 15.5. The third-order valence-corrected chi connectivity index (χ3v) is 5.51. The highest BCUT2D eigenvalue weighted by Crippen LogP contribution is 2.30. The van der Waals surface area contributed by atoms with Gasteiger partial charge >= 0.3 is 0 Å². The van der Waals surface area contributed by atoms with E-state index >= 15 is 0 Å². The van der Waals surface area contributed by atoms with E-state index in [1.54, 1.807) is 30.3 Å². The number of carbonyl (C=O) groups excluding carboxylic acids is 2. The van der Waals surface area contributed by atoms with Gasteiger partial charge < -0.3 is 15.0 Å². The molecule has 0 saturated carbocycles. The number of rotatable bonds is 5. The topological polar surface area (TPSA) is 71.5 Å². The molecule has 0 radical (unpaired) electrons. The number of nitrogens with zero attached hydrogens (tertiary/aromatic N) is 2. The van der Waals surface area contributed by atoms with E-state index in [4.69, 9.17) is 16.3 Å². The fourth-order valence-electron chi connectivity index (χ4n) is 3.65. The molecule has 0 unspecified atom stereocenters. The van der Waals surface area contributed by atoms with Gasteiger partial charge in [-0.05, 0) is 54.4 Å². The number of hydrogen-bond donors (Lipinski definition) is 1. The molecular formula is C24H20ClF2N3O3. The standard InChI is InChI=1S/C24H20ClF2N3O3/c1-2-20-24(32)30(12-14-8-16(26)11-17(27)9-14)13-15-10-18(5-6-21(15)33-20)29-23(31)19-4-3-7-28-22(19)25/h3-11,20H,2,12-13H2,1H3,(H,29,31)/t20-/m1/s1. The summed E-state index contributed by atoms with van der Waals surface area (Å²) in [7, 11) is 0. The van der Waals surface area contributed by atoms with Gasteiger partial charge in [-0.1, -0.05) is 18.5 Å². The molecule has 0 bridgehead atoms. The quantitative estimate of drug-likeness (QED) is 0.533. The predicted molar refractivity (Wildman–Crippen MR) is 119 cm³/mol. The van der Waals surface area contributed by atoms with E-state index in [9.17, 15) is 18.4 Å². The minimum Gasteiger partial charge on any atom is -0.480 e. The minimum absolute atomic E-state index is 0.00862. The molecule has 2 aromatic carbocycles. The first-order chi connectivity index (χ1) is 15.8. The lowest BCUT2D eigenvalue weighted by molar-refractivity contribution is -0.139. The number of ether oxygens (including phenoxy) is 1. The summed E-state index contributed by atoms with van der Waals surface area (Å²) in [4.78, 5) is 31.0. The van der Waals surface area contributed by atoms with Crippen molar-refractivity contribution in [3.63, 3.8) is 0 Å². The molecule has 170 valence electrons. The molecule has 0 spiro atoms. The van der Waals surface area contributed by atoms with Crippen LogP contribution in [0.1, 0.15) is 34.8 Å². The molecule has 3 aromatic rings. The molecule has 4 rings (SSSR count). The second-order valence-corrected chi connectivity index (χ2v) is 7.96. The van der Waals surface area contributed by atoms with Gasteiger partial charge in [0, 0.05) is 36.6 Å². The van der Waals surface area contributed by atoms with Crippen molar-refractivity contribution in [2.75, 3.05) is 5.32 Å². The number of pyridine rings is 1. The van der Waals surface area contributed by atoms with Crippen LogP contribution in [0.25, 0.3) is 0 Å². The summed E-state index contributed by atoms with van der Waals surface area (Å²) >= 11 is 6.00. The maximum atomic E-state index is 13.7. The van der Waals surface area contributed by atoms with Gasteiger partial charge in [-0.25, -0.2) is 13.8 Å². The smallest absolute Gasteiger partial charge is 0.264 e. The molecule has 1 N–H and O–H groups in total. The Bertz CT molecular complexity index is 1200. The van der Waals surface area contributed by atoms with E-state index in [0.717, 1.165) is 6.07 Å². The number of anilines is 1. The molecule has 1 aliphatic rings. The SMILES string of the molecule is CC[C@H]1Oc2ccc(NC(=O)c3cccnc3Cl)cc2CN(Cc2cc(F)cc(F)c2)C1=O. The summed E-state index contributed by atoms with van der Waals surface area (Å²) < 4.78 is 33.2. The number of halogens is 3. The number of benzene rings is 2. The molecule has 33 heavy (non-hydrogen) atoms. The Kier molecular flexibility index (Phi) is 6.55.